The average molecular weight is 265 g/mol. The van der Waals surface area contributed by atoms with Crippen LogP contribution >= 0.6 is 0 Å². The standard InChI is InChI=1S/C14H23N3O2/c1-2-17-11-12(10-16-17)9-13(18)5-8-19-14-3-6-15-7-4-14/h10-11,14-15H,2-9H2,1H3. The molecule has 0 aromatic carbocycles. The number of hydrogen-bond donors (Lipinski definition) is 1. The molecule has 2 rings (SSSR count). The third kappa shape index (κ3) is 4.76. The maximum absolute atomic E-state index is 11.8. The van der Waals surface area contributed by atoms with Crippen molar-refractivity contribution in [3.8, 4) is 0 Å². The van der Waals surface area contributed by atoms with Gasteiger partial charge in [-0.1, -0.05) is 0 Å². The molecular weight excluding hydrogens is 242 g/mol. The Morgan fingerprint density at radius 3 is 3.00 bits per heavy atom. The molecule has 0 spiro atoms. The molecule has 1 saturated heterocycles. The summed E-state index contributed by atoms with van der Waals surface area (Å²) in [7, 11) is 0. The molecule has 0 saturated carbocycles. The molecule has 5 nitrogen and oxygen atoms in total. The smallest absolute Gasteiger partial charge is 0.139 e. The van der Waals surface area contributed by atoms with Crippen LogP contribution in [0.3, 0.4) is 0 Å². The van der Waals surface area contributed by atoms with E-state index in [0.717, 1.165) is 38.0 Å². The summed E-state index contributed by atoms with van der Waals surface area (Å²) < 4.78 is 7.58. The highest BCUT2D eigenvalue weighted by molar-refractivity contribution is 5.80. The number of nitrogens with zero attached hydrogens (tertiary/aromatic N) is 2. The van der Waals surface area contributed by atoms with E-state index >= 15 is 0 Å². The molecule has 1 fully saturated rings. The van der Waals surface area contributed by atoms with Crippen LogP contribution in [0.2, 0.25) is 0 Å². The molecule has 1 aromatic heterocycles. The van der Waals surface area contributed by atoms with Gasteiger partial charge in [0.1, 0.15) is 5.78 Å². The van der Waals surface area contributed by atoms with Gasteiger partial charge in [0, 0.05) is 25.6 Å². The van der Waals surface area contributed by atoms with E-state index < -0.39 is 0 Å². The highest BCUT2D eigenvalue weighted by Gasteiger charge is 2.13. The van der Waals surface area contributed by atoms with Crippen LogP contribution in [0.25, 0.3) is 0 Å². The van der Waals surface area contributed by atoms with Gasteiger partial charge in [-0.15, -0.1) is 0 Å². The number of ketones is 1. The van der Waals surface area contributed by atoms with Gasteiger partial charge in [-0.2, -0.15) is 5.10 Å². The van der Waals surface area contributed by atoms with Gasteiger partial charge in [-0.25, -0.2) is 0 Å². The number of aromatic nitrogens is 2. The molecular formula is C14H23N3O2. The SMILES string of the molecule is CCn1cc(CC(=O)CCOC2CCNCC2)cn1. The zero-order valence-corrected chi connectivity index (χ0v) is 11.6. The zero-order chi connectivity index (χ0) is 13.5. The van der Waals surface area contributed by atoms with Gasteiger partial charge in [0.2, 0.25) is 0 Å². The second-order valence-corrected chi connectivity index (χ2v) is 4.99. The summed E-state index contributed by atoms with van der Waals surface area (Å²) in [4.78, 5) is 11.8. The van der Waals surface area contributed by atoms with Gasteiger partial charge in [-0.3, -0.25) is 9.48 Å². The quantitative estimate of drug-likeness (QED) is 0.804. The van der Waals surface area contributed by atoms with Crippen molar-refractivity contribution in [1.82, 2.24) is 15.1 Å². The van der Waals surface area contributed by atoms with E-state index in [1.165, 1.54) is 0 Å². The van der Waals surface area contributed by atoms with Crippen LogP contribution in [0.4, 0.5) is 0 Å². The van der Waals surface area contributed by atoms with E-state index in [2.05, 4.69) is 10.4 Å². The molecule has 0 radical (unpaired) electrons. The van der Waals surface area contributed by atoms with E-state index in [9.17, 15) is 4.79 Å². The summed E-state index contributed by atoms with van der Waals surface area (Å²) in [5.41, 5.74) is 0.994. The summed E-state index contributed by atoms with van der Waals surface area (Å²) >= 11 is 0. The number of carbonyl (C=O) groups excluding carboxylic acids is 1. The molecule has 1 aromatic rings. The van der Waals surface area contributed by atoms with Crippen molar-refractivity contribution < 1.29 is 9.53 Å². The van der Waals surface area contributed by atoms with Crippen LogP contribution in [-0.2, 0) is 22.5 Å². The molecule has 1 aliphatic heterocycles. The van der Waals surface area contributed by atoms with Gasteiger partial charge >= 0.3 is 0 Å². The molecule has 2 heterocycles. The number of ether oxygens (including phenoxy) is 1. The summed E-state index contributed by atoms with van der Waals surface area (Å²) in [6, 6.07) is 0. The number of hydrogen-bond acceptors (Lipinski definition) is 4. The van der Waals surface area contributed by atoms with Crippen LogP contribution in [-0.4, -0.2) is 41.4 Å². The first-order chi connectivity index (χ1) is 9.28. The number of carbonyl (C=O) groups is 1. The summed E-state index contributed by atoms with van der Waals surface area (Å²) in [6.45, 7) is 5.47. The van der Waals surface area contributed by atoms with Crippen molar-refractivity contribution >= 4 is 5.78 Å². The van der Waals surface area contributed by atoms with Gasteiger partial charge in [-0.05, 0) is 38.4 Å². The van der Waals surface area contributed by atoms with Crippen LogP contribution < -0.4 is 5.32 Å². The topological polar surface area (TPSA) is 56.1 Å². The molecule has 0 aliphatic carbocycles. The predicted octanol–water partition coefficient (Wildman–Crippen LogP) is 1.17. The van der Waals surface area contributed by atoms with Crippen molar-refractivity contribution in [2.75, 3.05) is 19.7 Å². The number of Topliss-reactive ketones (excluding diaryl/α,β-unsaturated/α-hetero) is 1. The fraction of sp³-hybridized carbons (Fsp3) is 0.714. The highest BCUT2D eigenvalue weighted by atomic mass is 16.5. The van der Waals surface area contributed by atoms with Gasteiger partial charge in [0.15, 0.2) is 0 Å². The van der Waals surface area contributed by atoms with Crippen LogP contribution in [0, 0.1) is 0 Å². The monoisotopic (exact) mass is 265 g/mol. The Morgan fingerprint density at radius 1 is 1.53 bits per heavy atom. The van der Waals surface area contributed by atoms with Crippen molar-refractivity contribution in [1.29, 1.82) is 0 Å². The maximum atomic E-state index is 11.8. The van der Waals surface area contributed by atoms with Crippen LogP contribution in [0.5, 0.6) is 0 Å². The Labute approximate surface area is 114 Å². The Bertz CT molecular complexity index is 397. The van der Waals surface area contributed by atoms with Gasteiger partial charge in [0.25, 0.3) is 0 Å². The largest absolute Gasteiger partial charge is 0.378 e. The molecule has 106 valence electrons. The van der Waals surface area contributed by atoms with Crippen molar-refractivity contribution in [2.24, 2.45) is 0 Å². The lowest BCUT2D eigenvalue weighted by Gasteiger charge is -2.22. The van der Waals surface area contributed by atoms with E-state index in [-0.39, 0.29) is 5.78 Å². The summed E-state index contributed by atoms with van der Waals surface area (Å²) in [5, 5.41) is 7.47. The second kappa shape index (κ2) is 7.40. The van der Waals surface area contributed by atoms with E-state index in [1.54, 1.807) is 6.20 Å². The molecule has 1 N–H and O–H groups in total. The molecule has 19 heavy (non-hydrogen) atoms. The van der Waals surface area contributed by atoms with Crippen molar-refractivity contribution in [3.05, 3.63) is 18.0 Å². The summed E-state index contributed by atoms with van der Waals surface area (Å²) in [6.07, 6.45) is 7.11. The third-order valence-corrected chi connectivity index (χ3v) is 3.43. The average Bonchev–Trinajstić information content (AvgIpc) is 2.87. The Kier molecular flexibility index (Phi) is 5.54. The fourth-order valence-electron chi connectivity index (χ4n) is 2.29. The first-order valence-corrected chi connectivity index (χ1v) is 7.13. The van der Waals surface area contributed by atoms with Gasteiger partial charge < -0.3 is 10.1 Å². The Hall–Kier alpha value is -1.20. The first kappa shape index (κ1) is 14.2. The molecule has 1 aliphatic rings. The Balaban J connectivity index is 1.63. The highest BCUT2D eigenvalue weighted by Crippen LogP contribution is 2.08. The van der Waals surface area contributed by atoms with E-state index in [0.29, 0.717) is 25.6 Å². The Morgan fingerprint density at radius 2 is 2.32 bits per heavy atom. The lowest BCUT2D eigenvalue weighted by Crippen LogP contribution is -2.32. The van der Waals surface area contributed by atoms with Crippen molar-refractivity contribution in [3.63, 3.8) is 0 Å². The van der Waals surface area contributed by atoms with E-state index in [1.807, 2.05) is 17.8 Å². The number of rotatable bonds is 7. The molecule has 0 bridgehead atoms. The molecule has 0 unspecified atom stereocenters. The minimum absolute atomic E-state index is 0.226. The number of piperidine rings is 1. The van der Waals surface area contributed by atoms with E-state index in [4.69, 9.17) is 4.74 Å². The molecule has 0 atom stereocenters. The normalized spacial score (nSPS) is 16.7. The second-order valence-electron chi connectivity index (χ2n) is 4.99. The lowest BCUT2D eigenvalue weighted by molar-refractivity contribution is -0.120. The van der Waals surface area contributed by atoms with Gasteiger partial charge in [0.05, 0.1) is 18.9 Å². The lowest BCUT2D eigenvalue weighted by atomic mass is 10.1. The van der Waals surface area contributed by atoms with Crippen LogP contribution in [0.1, 0.15) is 31.7 Å². The van der Waals surface area contributed by atoms with Crippen molar-refractivity contribution in [2.45, 2.75) is 45.3 Å². The summed E-state index contributed by atoms with van der Waals surface area (Å²) in [5.74, 6) is 0.226. The minimum Gasteiger partial charge on any atom is -0.378 e. The molecule has 0 amide bonds. The molecule has 5 heteroatoms. The number of aryl methyl sites for hydroxylation is 1. The fourth-order valence-corrected chi connectivity index (χ4v) is 2.29. The zero-order valence-electron chi connectivity index (χ0n) is 11.6. The van der Waals surface area contributed by atoms with Crippen LogP contribution in [0.15, 0.2) is 12.4 Å². The number of nitrogens with one attached hydrogen (secondary N) is 1. The minimum atomic E-state index is 0.226. The third-order valence-electron chi connectivity index (χ3n) is 3.43. The predicted molar refractivity (Wildman–Crippen MR) is 73.1 cm³/mol. The first-order valence-electron chi connectivity index (χ1n) is 7.13. The maximum Gasteiger partial charge on any atom is 0.139 e.